The smallest absolute Gasteiger partial charge is 0.0438 e. The molecule has 19 heavy (non-hydrogen) atoms. The van der Waals surface area contributed by atoms with E-state index in [1.807, 2.05) is 12.1 Å². The number of likely N-dealkylation sites (N-methyl/N-ethyl adjacent to an activating group) is 1. The van der Waals surface area contributed by atoms with E-state index in [1.54, 1.807) is 0 Å². The van der Waals surface area contributed by atoms with Crippen LogP contribution < -0.4 is 5.32 Å². The fourth-order valence-electron chi connectivity index (χ4n) is 3.42. The van der Waals surface area contributed by atoms with Crippen LogP contribution in [0.4, 0.5) is 0 Å². The maximum atomic E-state index is 6.30. The number of nitrogens with one attached hydrogen (secondary N) is 1. The summed E-state index contributed by atoms with van der Waals surface area (Å²) in [6, 6.07) is 8.86. The van der Waals surface area contributed by atoms with Crippen molar-refractivity contribution < 1.29 is 0 Å². The van der Waals surface area contributed by atoms with Crippen molar-refractivity contribution >= 4 is 11.6 Å². The molecule has 3 atom stereocenters. The van der Waals surface area contributed by atoms with Gasteiger partial charge in [-0.25, -0.2) is 0 Å². The van der Waals surface area contributed by atoms with Gasteiger partial charge < -0.3 is 5.32 Å². The molecule has 2 heteroatoms. The van der Waals surface area contributed by atoms with E-state index in [-0.39, 0.29) is 0 Å². The zero-order chi connectivity index (χ0) is 13.7. The summed E-state index contributed by atoms with van der Waals surface area (Å²) in [5.41, 5.74) is 1.29. The molecule has 0 saturated heterocycles. The zero-order valence-corrected chi connectivity index (χ0v) is 12.9. The summed E-state index contributed by atoms with van der Waals surface area (Å²) < 4.78 is 0. The number of halogens is 1. The molecule has 1 aromatic rings. The minimum Gasteiger partial charge on any atom is -0.314 e. The summed E-state index contributed by atoms with van der Waals surface area (Å²) in [5, 5.41) is 4.60. The molecule has 0 spiro atoms. The zero-order valence-electron chi connectivity index (χ0n) is 12.2. The highest BCUT2D eigenvalue weighted by Crippen LogP contribution is 2.36. The van der Waals surface area contributed by atoms with Crippen molar-refractivity contribution in [1.82, 2.24) is 5.32 Å². The maximum Gasteiger partial charge on any atom is 0.0438 e. The minimum absolute atomic E-state index is 0.585. The van der Waals surface area contributed by atoms with Gasteiger partial charge in [0.25, 0.3) is 0 Å². The van der Waals surface area contributed by atoms with Crippen molar-refractivity contribution in [2.24, 2.45) is 11.8 Å². The molecule has 0 heterocycles. The molecule has 1 aliphatic rings. The van der Waals surface area contributed by atoms with Crippen LogP contribution in [0.5, 0.6) is 0 Å². The third-order valence-electron chi connectivity index (χ3n) is 4.59. The molecule has 1 aromatic carbocycles. The second-order valence-corrected chi connectivity index (χ2v) is 6.21. The van der Waals surface area contributed by atoms with Gasteiger partial charge in [-0.2, -0.15) is 0 Å². The Labute approximate surface area is 122 Å². The lowest BCUT2D eigenvalue weighted by atomic mass is 9.91. The van der Waals surface area contributed by atoms with Crippen LogP contribution in [0, 0.1) is 11.8 Å². The SMILES string of the molecule is CCNC(Cc1ccccc1Cl)C1CCC(CC)C1. The molecule has 1 saturated carbocycles. The van der Waals surface area contributed by atoms with Crippen LogP contribution >= 0.6 is 11.6 Å². The largest absolute Gasteiger partial charge is 0.314 e. The summed E-state index contributed by atoms with van der Waals surface area (Å²) in [5.74, 6) is 1.76. The Morgan fingerprint density at radius 2 is 2.05 bits per heavy atom. The molecule has 1 fully saturated rings. The molecule has 0 amide bonds. The third-order valence-corrected chi connectivity index (χ3v) is 4.96. The molecule has 0 bridgehead atoms. The fourth-order valence-corrected chi connectivity index (χ4v) is 3.63. The molecule has 0 aromatic heterocycles. The number of hydrogen-bond donors (Lipinski definition) is 1. The summed E-state index contributed by atoms with van der Waals surface area (Å²) in [6.45, 7) is 5.57. The number of benzene rings is 1. The average Bonchev–Trinajstić information content (AvgIpc) is 2.89. The van der Waals surface area contributed by atoms with Crippen molar-refractivity contribution in [2.75, 3.05) is 6.54 Å². The normalized spacial score (nSPS) is 24.6. The van der Waals surface area contributed by atoms with Gasteiger partial charge in [-0.1, -0.05) is 56.5 Å². The van der Waals surface area contributed by atoms with E-state index in [0.717, 1.165) is 29.8 Å². The maximum absolute atomic E-state index is 6.30. The van der Waals surface area contributed by atoms with Crippen molar-refractivity contribution in [3.8, 4) is 0 Å². The van der Waals surface area contributed by atoms with Gasteiger partial charge >= 0.3 is 0 Å². The summed E-state index contributed by atoms with van der Waals surface area (Å²) in [7, 11) is 0. The van der Waals surface area contributed by atoms with E-state index < -0.39 is 0 Å². The first-order chi connectivity index (χ1) is 9.24. The summed E-state index contributed by atoms with van der Waals surface area (Å²) in [6.07, 6.45) is 6.57. The lowest BCUT2D eigenvalue weighted by Crippen LogP contribution is -2.37. The molecular formula is C17H26ClN. The van der Waals surface area contributed by atoms with E-state index in [0.29, 0.717) is 6.04 Å². The topological polar surface area (TPSA) is 12.0 Å². The highest BCUT2D eigenvalue weighted by atomic mass is 35.5. The Balaban J connectivity index is 2.02. The Morgan fingerprint density at radius 1 is 1.26 bits per heavy atom. The van der Waals surface area contributed by atoms with Crippen LogP contribution in [-0.2, 0) is 6.42 Å². The molecule has 106 valence electrons. The molecule has 3 unspecified atom stereocenters. The molecule has 1 aliphatic carbocycles. The van der Waals surface area contributed by atoms with Gasteiger partial charge in [0.2, 0.25) is 0 Å². The van der Waals surface area contributed by atoms with Crippen molar-refractivity contribution in [3.05, 3.63) is 34.9 Å². The van der Waals surface area contributed by atoms with E-state index in [1.165, 1.54) is 31.2 Å². The quantitative estimate of drug-likeness (QED) is 0.797. The monoisotopic (exact) mass is 279 g/mol. The lowest BCUT2D eigenvalue weighted by molar-refractivity contribution is 0.349. The van der Waals surface area contributed by atoms with E-state index >= 15 is 0 Å². The highest BCUT2D eigenvalue weighted by Gasteiger charge is 2.29. The van der Waals surface area contributed by atoms with Crippen molar-refractivity contribution in [1.29, 1.82) is 0 Å². The first-order valence-electron chi connectivity index (χ1n) is 7.71. The predicted molar refractivity (Wildman–Crippen MR) is 83.7 cm³/mol. The molecular weight excluding hydrogens is 254 g/mol. The fraction of sp³-hybridized carbons (Fsp3) is 0.647. The Kier molecular flexibility index (Phi) is 5.72. The van der Waals surface area contributed by atoms with Gasteiger partial charge in [0.15, 0.2) is 0 Å². The van der Waals surface area contributed by atoms with Gasteiger partial charge in [-0.05, 0) is 49.3 Å². The number of rotatable bonds is 6. The van der Waals surface area contributed by atoms with E-state index in [2.05, 4.69) is 31.3 Å². The van der Waals surface area contributed by atoms with Crippen LogP contribution in [0.3, 0.4) is 0 Å². The Morgan fingerprint density at radius 3 is 2.68 bits per heavy atom. The summed E-state index contributed by atoms with van der Waals surface area (Å²) >= 11 is 6.30. The van der Waals surface area contributed by atoms with Crippen molar-refractivity contribution in [3.63, 3.8) is 0 Å². The molecule has 0 aliphatic heterocycles. The molecule has 0 radical (unpaired) electrons. The Hall–Kier alpha value is -0.530. The van der Waals surface area contributed by atoms with Gasteiger partial charge in [0.1, 0.15) is 0 Å². The van der Waals surface area contributed by atoms with Gasteiger partial charge in [0, 0.05) is 11.1 Å². The van der Waals surface area contributed by atoms with Crippen LogP contribution in [0.15, 0.2) is 24.3 Å². The highest BCUT2D eigenvalue weighted by molar-refractivity contribution is 6.31. The lowest BCUT2D eigenvalue weighted by Gasteiger charge is -2.25. The van der Waals surface area contributed by atoms with Crippen LogP contribution in [0.1, 0.15) is 45.1 Å². The number of hydrogen-bond acceptors (Lipinski definition) is 1. The van der Waals surface area contributed by atoms with Gasteiger partial charge in [0.05, 0.1) is 0 Å². The second kappa shape index (κ2) is 7.31. The van der Waals surface area contributed by atoms with E-state index in [9.17, 15) is 0 Å². The minimum atomic E-state index is 0.585. The Bertz CT molecular complexity index is 391. The predicted octanol–water partition coefficient (Wildman–Crippen LogP) is 4.69. The van der Waals surface area contributed by atoms with Gasteiger partial charge in [-0.15, -0.1) is 0 Å². The van der Waals surface area contributed by atoms with E-state index in [4.69, 9.17) is 11.6 Å². The molecule has 1 nitrogen and oxygen atoms in total. The van der Waals surface area contributed by atoms with Crippen LogP contribution in [0.25, 0.3) is 0 Å². The van der Waals surface area contributed by atoms with Crippen LogP contribution in [-0.4, -0.2) is 12.6 Å². The first-order valence-corrected chi connectivity index (χ1v) is 8.09. The third kappa shape index (κ3) is 3.97. The molecule has 1 N–H and O–H groups in total. The first kappa shape index (κ1) is 14.9. The second-order valence-electron chi connectivity index (χ2n) is 5.81. The molecule has 2 rings (SSSR count). The van der Waals surface area contributed by atoms with Crippen LogP contribution in [0.2, 0.25) is 5.02 Å². The average molecular weight is 280 g/mol. The standard InChI is InChI=1S/C17H26ClN/c1-3-13-9-10-15(11-13)17(19-4-2)12-14-7-5-6-8-16(14)18/h5-8,13,15,17,19H,3-4,9-12H2,1-2H3. The van der Waals surface area contributed by atoms with Crippen molar-refractivity contribution in [2.45, 2.75) is 52.0 Å². The van der Waals surface area contributed by atoms with Gasteiger partial charge in [-0.3, -0.25) is 0 Å². The summed E-state index contributed by atoms with van der Waals surface area (Å²) in [4.78, 5) is 0.